The van der Waals surface area contributed by atoms with Crippen LogP contribution in [0.25, 0.3) is 11.2 Å². The predicted molar refractivity (Wildman–Crippen MR) is 69.9 cm³/mol. The van der Waals surface area contributed by atoms with Crippen LogP contribution in [0.2, 0.25) is 0 Å². The Bertz CT molecular complexity index is 577. The molecule has 1 aliphatic rings. The third-order valence-corrected chi connectivity index (χ3v) is 3.03. The van der Waals surface area contributed by atoms with E-state index in [4.69, 9.17) is 15.6 Å². The molecular weight excluding hydrogens is 262 g/mol. The molecule has 8 nitrogen and oxygen atoms in total. The maximum Gasteiger partial charge on any atom is 0.316 e. The van der Waals surface area contributed by atoms with Crippen molar-refractivity contribution in [1.82, 2.24) is 19.5 Å². The van der Waals surface area contributed by atoms with E-state index in [2.05, 4.69) is 15.0 Å². The van der Waals surface area contributed by atoms with E-state index in [0.717, 1.165) is 0 Å². The number of nitrogens with zero attached hydrogens (tertiary/aromatic N) is 4. The van der Waals surface area contributed by atoms with Gasteiger partial charge in [0.15, 0.2) is 17.7 Å². The summed E-state index contributed by atoms with van der Waals surface area (Å²) in [5.74, 6) is 0.282. The van der Waals surface area contributed by atoms with E-state index in [1.165, 1.54) is 12.7 Å². The molecule has 100 valence electrons. The topological polar surface area (TPSA) is 119 Å². The van der Waals surface area contributed by atoms with Crippen LogP contribution in [0.3, 0.4) is 0 Å². The minimum atomic E-state index is -0.712. The largest absolute Gasteiger partial charge is 0.394 e. The van der Waals surface area contributed by atoms with Gasteiger partial charge in [0.25, 0.3) is 0 Å². The number of fused-ring (bicyclic) bond motifs is 1. The van der Waals surface area contributed by atoms with E-state index >= 15 is 0 Å². The number of anilines is 1. The summed E-state index contributed by atoms with van der Waals surface area (Å²) >= 11 is 0. The molecule has 0 radical (unpaired) electrons. The Kier molecular flexibility index (Phi) is 4.21. The third-order valence-electron chi connectivity index (χ3n) is 3.03. The van der Waals surface area contributed by atoms with Crippen LogP contribution in [0.15, 0.2) is 12.7 Å². The second-order valence-electron chi connectivity index (χ2n) is 4.22. The first kappa shape index (κ1) is 14.4. The van der Waals surface area contributed by atoms with Gasteiger partial charge >= 0.3 is 23.1 Å². The molecule has 0 aromatic carbocycles. The van der Waals surface area contributed by atoms with Gasteiger partial charge in [0, 0.05) is 6.42 Å². The van der Waals surface area contributed by atoms with Crippen molar-refractivity contribution < 1.29 is 14.9 Å². The average Bonchev–Trinajstić information content (AvgIpc) is 2.93. The standard InChI is InChI=1S/C10H13N5O3.Mg.2H/c11-8-7-9(13-3-12-8)15(4-14-7)10-6(17)1-5(2-16)18-10;;;/h3-6,10,16-17H,1-2H2,(H2,11,12,13);;;/t5-,6+,10+;;;/m0.../s1. The molecule has 2 aromatic heterocycles. The van der Waals surface area contributed by atoms with Crippen molar-refractivity contribution in [3.05, 3.63) is 12.7 Å². The molecule has 0 bridgehead atoms. The van der Waals surface area contributed by atoms with Gasteiger partial charge in [-0.2, -0.15) is 0 Å². The van der Waals surface area contributed by atoms with Crippen molar-refractivity contribution in [2.24, 2.45) is 0 Å². The van der Waals surface area contributed by atoms with Crippen LogP contribution in [0.5, 0.6) is 0 Å². The highest BCUT2D eigenvalue weighted by Gasteiger charge is 2.35. The van der Waals surface area contributed by atoms with E-state index < -0.39 is 12.3 Å². The number of nitrogens with two attached hydrogens (primary N) is 1. The Morgan fingerprint density at radius 1 is 1.42 bits per heavy atom. The highest BCUT2D eigenvalue weighted by molar-refractivity contribution is 5.81. The smallest absolute Gasteiger partial charge is 0.316 e. The Morgan fingerprint density at radius 3 is 2.89 bits per heavy atom. The molecule has 9 heteroatoms. The summed E-state index contributed by atoms with van der Waals surface area (Å²) in [4.78, 5) is 12.0. The molecule has 1 aliphatic heterocycles. The summed E-state index contributed by atoms with van der Waals surface area (Å²) in [6.45, 7) is -0.128. The van der Waals surface area contributed by atoms with Crippen LogP contribution >= 0.6 is 0 Å². The number of aromatic nitrogens is 4. The average molecular weight is 278 g/mol. The number of imidazole rings is 1. The number of hydrogen-bond donors (Lipinski definition) is 3. The Labute approximate surface area is 124 Å². The number of hydrogen-bond acceptors (Lipinski definition) is 7. The van der Waals surface area contributed by atoms with Crippen LogP contribution in [-0.4, -0.2) is 71.6 Å². The molecule has 0 unspecified atom stereocenters. The van der Waals surface area contributed by atoms with E-state index in [1.807, 2.05) is 0 Å². The Balaban J connectivity index is 0.00000133. The number of aliphatic hydroxyl groups excluding tert-OH is 2. The van der Waals surface area contributed by atoms with E-state index in [9.17, 15) is 5.11 Å². The van der Waals surface area contributed by atoms with Crippen LogP contribution in [-0.2, 0) is 4.74 Å². The van der Waals surface area contributed by atoms with Crippen LogP contribution in [0.4, 0.5) is 5.82 Å². The van der Waals surface area contributed by atoms with Gasteiger partial charge in [0.05, 0.1) is 19.0 Å². The molecule has 3 heterocycles. The van der Waals surface area contributed by atoms with Crippen molar-refractivity contribution >= 4 is 40.0 Å². The number of nitrogen functional groups attached to an aromatic ring is 1. The molecule has 2 aromatic rings. The minimum absolute atomic E-state index is 0. The fourth-order valence-electron chi connectivity index (χ4n) is 2.15. The fourth-order valence-corrected chi connectivity index (χ4v) is 2.15. The Hall–Kier alpha value is -1.00. The van der Waals surface area contributed by atoms with Gasteiger partial charge < -0.3 is 20.7 Å². The van der Waals surface area contributed by atoms with E-state index in [0.29, 0.717) is 17.6 Å². The molecule has 1 fully saturated rings. The first-order valence-corrected chi connectivity index (χ1v) is 5.58. The second-order valence-corrected chi connectivity index (χ2v) is 4.22. The van der Waals surface area contributed by atoms with Gasteiger partial charge in [0.1, 0.15) is 17.9 Å². The quantitative estimate of drug-likeness (QED) is 0.550. The van der Waals surface area contributed by atoms with Crippen molar-refractivity contribution in [2.75, 3.05) is 12.3 Å². The van der Waals surface area contributed by atoms with Gasteiger partial charge in [-0.15, -0.1) is 0 Å². The molecular formula is C10H15MgN5O3. The van der Waals surface area contributed by atoms with Gasteiger partial charge in [-0.05, 0) is 0 Å². The molecule has 0 amide bonds. The molecule has 3 atom stereocenters. The summed E-state index contributed by atoms with van der Waals surface area (Å²) in [6, 6.07) is 0. The van der Waals surface area contributed by atoms with E-state index in [1.54, 1.807) is 4.57 Å². The van der Waals surface area contributed by atoms with Crippen LogP contribution < -0.4 is 5.73 Å². The Morgan fingerprint density at radius 2 is 2.21 bits per heavy atom. The molecule has 1 saturated heterocycles. The zero-order valence-electron chi connectivity index (χ0n) is 9.47. The van der Waals surface area contributed by atoms with Crippen LogP contribution in [0.1, 0.15) is 12.6 Å². The zero-order valence-corrected chi connectivity index (χ0v) is 9.47. The monoisotopic (exact) mass is 277 g/mol. The molecule has 0 saturated carbocycles. The van der Waals surface area contributed by atoms with Gasteiger partial charge in [-0.25, -0.2) is 15.0 Å². The minimum Gasteiger partial charge on any atom is -0.394 e. The summed E-state index contributed by atoms with van der Waals surface area (Å²) in [5, 5.41) is 19.0. The lowest BCUT2D eigenvalue weighted by Crippen LogP contribution is -2.19. The predicted octanol–water partition coefficient (Wildman–Crippen LogP) is -1.87. The van der Waals surface area contributed by atoms with Gasteiger partial charge in [0.2, 0.25) is 0 Å². The first-order valence-electron chi connectivity index (χ1n) is 5.58. The maximum absolute atomic E-state index is 9.93. The van der Waals surface area contributed by atoms with E-state index in [-0.39, 0.29) is 41.6 Å². The third kappa shape index (κ3) is 2.39. The number of ether oxygens (including phenoxy) is 1. The zero-order chi connectivity index (χ0) is 12.7. The lowest BCUT2D eigenvalue weighted by Gasteiger charge is -2.16. The highest BCUT2D eigenvalue weighted by Crippen LogP contribution is 2.31. The SMILES string of the molecule is Nc1ncnc2c1ncn2[C@@H]1O[C@H](CO)C[C@H]1O.[MgH2]. The highest BCUT2D eigenvalue weighted by atomic mass is 24.3. The fraction of sp³-hybridized carbons (Fsp3) is 0.500. The number of rotatable bonds is 2. The molecule has 3 rings (SSSR count). The molecule has 4 N–H and O–H groups in total. The summed E-state index contributed by atoms with van der Waals surface area (Å²) in [7, 11) is 0. The molecule has 0 spiro atoms. The van der Waals surface area contributed by atoms with Crippen molar-refractivity contribution in [3.8, 4) is 0 Å². The van der Waals surface area contributed by atoms with Crippen molar-refractivity contribution in [1.29, 1.82) is 0 Å². The first-order chi connectivity index (χ1) is 8.70. The van der Waals surface area contributed by atoms with Crippen molar-refractivity contribution in [3.63, 3.8) is 0 Å². The van der Waals surface area contributed by atoms with Gasteiger partial charge in [-0.3, -0.25) is 4.57 Å². The molecule has 0 aliphatic carbocycles. The van der Waals surface area contributed by atoms with Gasteiger partial charge in [-0.1, -0.05) is 0 Å². The lowest BCUT2D eigenvalue weighted by molar-refractivity contribution is -0.0486. The summed E-state index contributed by atoms with van der Waals surface area (Å²) < 4.78 is 7.14. The lowest BCUT2D eigenvalue weighted by atomic mass is 10.2. The number of aliphatic hydroxyl groups is 2. The maximum atomic E-state index is 9.93. The summed E-state index contributed by atoms with van der Waals surface area (Å²) in [6.07, 6.45) is 1.52. The second kappa shape index (κ2) is 5.55. The van der Waals surface area contributed by atoms with Crippen molar-refractivity contribution in [2.45, 2.75) is 24.9 Å². The van der Waals surface area contributed by atoms with Crippen LogP contribution in [0, 0.1) is 0 Å². The molecule has 19 heavy (non-hydrogen) atoms. The summed E-state index contributed by atoms with van der Waals surface area (Å²) in [5.41, 5.74) is 6.66. The normalized spacial score (nSPS) is 26.5.